The Bertz CT molecular complexity index is 557. The average Bonchev–Trinajstić information content (AvgIpc) is 2.71. The van der Waals surface area contributed by atoms with Gasteiger partial charge in [-0.15, -0.1) is 11.3 Å². The molecule has 2 N–H and O–H groups in total. The summed E-state index contributed by atoms with van der Waals surface area (Å²) in [6.45, 7) is 3.13. The molecule has 2 heterocycles. The van der Waals surface area contributed by atoms with E-state index < -0.39 is 10.0 Å². The first-order valence-electron chi connectivity index (χ1n) is 5.81. The van der Waals surface area contributed by atoms with Gasteiger partial charge < -0.3 is 4.90 Å². The van der Waals surface area contributed by atoms with Crippen LogP contribution in [0.2, 0.25) is 0 Å². The van der Waals surface area contributed by atoms with Crippen molar-refractivity contribution in [2.75, 3.05) is 13.1 Å². The summed E-state index contributed by atoms with van der Waals surface area (Å²) in [5.74, 6) is -0.0849. The maximum Gasteiger partial charge on any atom is 0.255 e. The van der Waals surface area contributed by atoms with Crippen molar-refractivity contribution in [1.82, 2.24) is 4.90 Å². The quantitative estimate of drug-likeness (QED) is 0.891. The van der Waals surface area contributed by atoms with Crippen LogP contribution in [-0.2, 0) is 10.0 Å². The molecule has 0 aliphatic carbocycles. The smallest absolute Gasteiger partial charge is 0.255 e. The number of sulfonamides is 1. The van der Waals surface area contributed by atoms with Gasteiger partial charge >= 0.3 is 0 Å². The lowest BCUT2D eigenvalue weighted by molar-refractivity contribution is 0.0724. The maximum absolute atomic E-state index is 12.3. The van der Waals surface area contributed by atoms with Gasteiger partial charge in [0.15, 0.2) is 0 Å². The van der Waals surface area contributed by atoms with Crippen molar-refractivity contribution in [2.45, 2.75) is 30.4 Å². The van der Waals surface area contributed by atoms with Crippen molar-refractivity contribution in [3.63, 3.8) is 0 Å². The number of nitrogens with two attached hydrogens (primary N) is 1. The summed E-state index contributed by atoms with van der Waals surface area (Å²) >= 11 is 1.01. The van der Waals surface area contributed by atoms with Crippen LogP contribution in [0.1, 0.15) is 35.2 Å². The van der Waals surface area contributed by atoms with Crippen LogP contribution >= 0.6 is 11.3 Å². The van der Waals surface area contributed by atoms with Gasteiger partial charge in [0.2, 0.25) is 10.0 Å². The van der Waals surface area contributed by atoms with Crippen molar-refractivity contribution in [3.8, 4) is 0 Å². The molecule has 0 spiro atoms. The van der Waals surface area contributed by atoms with E-state index in [1.54, 1.807) is 17.2 Å². The van der Waals surface area contributed by atoms with Gasteiger partial charge in [0.25, 0.3) is 5.91 Å². The molecule has 1 aromatic heterocycles. The van der Waals surface area contributed by atoms with E-state index in [0.29, 0.717) is 11.1 Å². The lowest BCUT2D eigenvalue weighted by Gasteiger charge is -2.26. The van der Waals surface area contributed by atoms with Gasteiger partial charge in [-0.3, -0.25) is 4.79 Å². The van der Waals surface area contributed by atoms with Crippen LogP contribution < -0.4 is 5.14 Å². The van der Waals surface area contributed by atoms with E-state index in [2.05, 4.69) is 0 Å². The highest BCUT2D eigenvalue weighted by Gasteiger charge is 2.25. The topological polar surface area (TPSA) is 80.5 Å². The minimum absolute atomic E-state index is 0.0849. The SMILES string of the molecule is Cc1c(C(=O)N2CCCCC2)csc1S(N)(=O)=O. The summed E-state index contributed by atoms with van der Waals surface area (Å²) in [5.41, 5.74) is 0.934. The van der Waals surface area contributed by atoms with Gasteiger partial charge in [0.1, 0.15) is 4.21 Å². The molecule has 1 saturated heterocycles. The van der Waals surface area contributed by atoms with Crippen molar-refractivity contribution in [2.24, 2.45) is 5.14 Å². The second-order valence-corrected chi connectivity index (χ2v) is 7.10. The normalized spacial score (nSPS) is 16.9. The largest absolute Gasteiger partial charge is 0.339 e. The Morgan fingerprint density at radius 1 is 1.33 bits per heavy atom. The minimum Gasteiger partial charge on any atom is -0.339 e. The summed E-state index contributed by atoms with van der Waals surface area (Å²) in [6, 6.07) is 0. The summed E-state index contributed by atoms with van der Waals surface area (Å²) in [7, 11) is -3.73. The van der Waals surface area contributed by atoms with Crippen LogP contribution in [-0.4, -0.2) is 32.3 Å². The van der Waals surface area contributed by atoms with Gasteiger partial charge in [-0.1, -0.05) is 0 Å². The summed E-state index contributed by atoms with van der Waals surface area (Å²) in [4.78, 5) is 14.0. The molecule has 1 aromatic rings. The first-order chi connectivity index (χ1) is 8.41. The number of hydrogen-bond acceptors (Lipinski definition) is 4. The molecular formula is C11H16N2O3S2. The molecule has 1 aliphatic heterocycles. The van der Waals surface area contributed by atoms with Crippen molar-refractivity contribution in [1.29, 1.82) is 0 Å². The fraction of sp³-hybridized carbons (Fsp3) is 0.545. The van der Waals surface area contributed by atoms with Crippen molar-refractivity contribution >= 4 is 27.3 Å². The maximum atomic E-state index is 12.3. The number of carbonyl (C=O) groups excluding carboxylic acids is 1. The van der Waals surface area contributed by atoms with Crippen molar-refractivity contribution < 1.29 is 13.2 Å². The standard InChI is InChI=1S/C11H16N2O3S2/c1-8-9(7-17-11(8)18(12,15)16)10(14)13-5-3-2-4-6-13/h7H,2-6H2,1H3,(H2,12,15,16). The molecule has 0 saturated carbocycles. The van der Waals surface area contributed by atoms with Gasteiger partial charge in [-0.2, -0.15) is 0 Å². The van der Waals surface area contributed by atoms with E-state index in [0.717, 1.165) is 43.7 Å². The molecule has 1 aliphatic rings. The molecular weight excluding hydrogens is 272 g/mol. The van der Waals surface area contributed by atoms with Gasteiger partial charge in [-0.05, 0) is 31.7 Å². The van der Waals surface area contributed by atoms with Crippen LogP contribution in [0.15, 0.2) is 9.59 Å². The fourth-order valence-electron chi connectivity index (χ4n) is 2.16. The highest BCUT2D eigenvalue weighted by Crippen LogP contribution is 2.27. The van der Waals surface area contributed by atoms with E-state index in [1.165, 1.54) is 0 Å². The number of primary sulfonamides is 1. The number of rotatable bonds is 2. The lowest BCUT2D eigenvalue weighted by atomic mass is 10.1. The molecule has 0 radical (unpaired) electrons. The zero-order valence-corrected chi connectivity index (χ0v) is 11.8. The third-order valence-electron chi connectivity index (χ3n) is 3.13. The first kappa shape index (κ1) is 13.5. The first-order valence-corrected chi connectivity index (χ1v) is 8.24. The molecule has 18 heavy (non-hydrogen) atoms. The number of hydrogen-bond donors (Lipinski definition) is 1. The van der Waals surface area contributed by atoms with Crippen molar-refractivity contribution in [3.05, 3.63) is 16.5 Å². The minimum atomic E-state index is -3.73. The molecule has 0 unspecified atom stereocenters. The highest BCUT2D eigenvalue weighted by molar-refractivity contribution is 7.91. The Morgan fingerprint density at radius 3 is 2.44 bits per heavy atom. The van der Waals surface area contributed by atoms with Crippen LogP contribution in [0.4, 0.5) is 0 Å². The Labute approximate surface area is 111 Å². The van der Waals surface area contributed by atoms with E-state index in [1.807, 2.05) is 0 Å². The summed E-state index contributed by atoms with van der Waals surface area (Å²) < 4.78 is 22.7. The predicted octanol–water partition coefficient (Wildman–Crippen LogP) is 1.33. The summed E-state index contributed by atoms with van der Waals surface area (Å²) in [6.07, 6.45) is 3.17. The Morgan fingerprint density at radius 2 is 1.94 bits per heavy atom. The Hall–Kier alpha value is -0.920. The molecule has 100 valence electrons. The molecule has 0 bridgehead atoms. The number of piperidine rings is 1. The molecule has 7 heteroatoms. The average molecular weight is 288 g/mol. The number of nitrogens with zero attached hydrogens (tertiary/aromatic N) is 1. The van der Waals surface area contributed by atoms with Crippen LogP contribution in [0.25, 0.3) is 0 Å². The van der Waals surface area contributed by atoms with E-state index in [-0.39, 0.29) is 10.1 Å². The Kier molecular flexibility index (Phi) is 3.74. The third kappa shape index (κ3) is 2.57. The number of likely N-dealkylation sites (tertiary alicyclic amines) is 1. The van der Waals surface area contributed by atoms with E-state index in [4.69, 9.17) is 5.14 Å². The molecule has 1 amide bonds. The van der Waals surface area contributed by atoms with E-state index >= 15 is 0 Å². The third-order valence-corrected chi connectivity index (χ3v) is 5.81. The number of thiophene rings is 1. The second-order valence-electron chi connectivity index (χ2n) is 4.46. The lowest BCUT2D eigenvalue weighted by Crippen LogP contribution is -2.35. The van der Waals surface area contributed by atoms with Gasteiger partial charge in [0, 0.05) is 18.5 Å². The zero-order valence-electron chi connectivity index (χ0n) is 10.2. The fourth-order valence-corrected chi connectivity index (χ4v) is 4.16. The van der Waals surface area contributed by atoms with Gasteiger partial charge in [-0.25, -0.2) is 13.6 Å². The number of amides is 1. The second kappa shape index (κ2) is 4.99. The zero-order chi connectivity index (χ0) is 13.3. The molecule has 5 nitrogen and oxygen atoms in total. The molecule has 1 fully saturated rings. The predicted molar refractivity (Wildman–Crippen MR) is 70.2 cm³/mol. The molecule has 0 aromatic carbocycles. The molecule has 2 rings (SSSR count). The summed E-state index contributed by atoms with van der Waals surface area (Å²) in [5, 5.41) is 6.70. The van der Waals surface area contributed by atoms with Crippen LogP contribution in [0, 0.1) is 6.92 Å². The monoisotopic (exact) mass is 288 g/mol. The Balaban J connectivity index is 2.29. The highest BCUT2D eigenvalue weighted by atomic mass is 32.2. The van der Waals surface area contributed by atoms with Gasteiger partial charge in [0.05, 0.1) is 5.56 Å². The van der Waals surface area contributed by atoms with E-state index in [9.17, 15) is 13.2 Å². The molecule has 0 atom stereocenters. The van der Waals surface area contributed by atoms with Crippen LogP contribution in [0.5, 0.6) is 0 Å². The van der Waals surface area contributed by atoms with Crippen LogP contribution in [0.3, 0.4) is 0 Å². The number of carbonyl (C=O) groups is 1.